The summed E-state index contributed by atoms with van der Waals surface area (Å²) in [5, 5.41) is 9.13. The van der Waals surface area contributed by atoms with E-state index < -0.39 is 0 Å². The van der Waals surface area contributed by atoms with Crippen LogP contribution >= 0.6 is 34.4 Å². The molecule has 0 bridgehead atoms. The van der Waals surface area contributed by atoms with Gasteiger partial charge in [-0.2, -0.15) is 0 Å². The van der Waals surface area contributed by atoms with E-state index in [1.54, 1.807) is 34.4 Å². The van der Waals surface area contributed by atoms with Gasteiger partial charge in [0.15, 0.2) is 4.34 Å². The van der Waals surface area contributed by atoms with Crippen molar-refractivity contribution in [3.63, 3.8) is 0 Å². The molecule has 3 aromatic heterocycles. The van der Waals surface area contributed by atoms with Gasteiger partial charge in [-0.15, -0.1) is 22.7 Å². The molecule has 0 atom stereocenters. The Kier molecular flexibility index (Phi) is 3.19. The number of thiophene rings is 1. The standard InChI is InChI=1S/C11H10N4S3/c1-6-5-17-11(13-6)18-9-7-3-4-16-8(7)14-10(12-2)15-9/h3-5H,1-2H3,(H,12,14,15). The molecule has 1 N–H and O–H groups in total. The van der Waals surface area contributed by atoms with Gasteiger partial charge in [-0.25, -0.2) is 15.0 Å². The SMILES string of the molecule is CNc1nc(Sc2nc(C)cs2)c2ccsc2n1. The van der Waals surface area contributed by atoms with Gasteiger partial charge in [0.25, 0.3) is 0 Å². The number of rotatable bonds is 3. The lowest BCUT2D eigenvalue weighted by molar-refractivity contribution is 1.09. The quantitative estimate of drug-likeness (QED) is 0.747. The molecule has 0 saturated carbocycles. The van der Waals surface area contributed by atoms with E-state index in [1.165, 1.54) is 0 Å². The highest BCUT2D eigenvalue weighted by Gasteiger charge is 2.11. The van der Waals surface area contributed by atoms with E-state index in [0.717, 1.165) is 25.3 Å². The Morgan fingerprint density at radius 1 is 1.22 bits per heavy atom. The van der Waals surface area contributed by atoms with Gasteiger partial charge in [-0.1, -0.05) is 0 Å². The Morgan fingerprint density at radius 3 is 2.83 bits per heavy atom. The monoisotopic (exact) mass is 294 g/mol. The molecule has 4 nitrogen and oxygen atoms in total. The average molecular weight is 294 g/mol. The van der Waals surface area contributed by atoms with Crippen LogP contribution in [0, 0.1) is 6.92 Å². The molecule has 0 unspecified atom stereocenters. The van der Waals surface area contributed by atoms with Gasteiger partial charge in [-0.3, -0.25) is 0 Å². The Hall–Kier alpha value is -1.18. The fraction of sp³-hybridized carbons (Fsp3) is 0.182. The lowest BCUT2D eigenvalue weighted by atomic mass is 10.4. The molecule has 0 aliphatic rings. The number of anilines is 1. The molecule has 0 aliphatic heterocycles. The molecule has 0 radical (unpaired) electrons. The van der Waals surface area contributed by atoms with Crippen LogP contribution in [-0.2, 0) is 0 Å². The zero-order chi connectivity index (χ0) is 12.5. The molecule has 18 heavy (non-hydrogen) atoms. The molecule has 0 aromatic carbocycles. The number of hydrogen-bond donors (Lipinski definition) is 1. The first-order valence-electron chi connectivity index (χ1n) is 5.29. The first-order valence-corrected chi connectivity index (χ1v) is 7.87. The maximum Gasteiger partial charge on any atom is 0.224 e. The van der Waals surface area contributed by atoms with E-state index in [9.17, 15) is 0 Å². The second-order valence-corrected chi connectivity index (χ2v) is 6.59. The van der Waals surface area contributed by atoms with E-state index in [-0.39, 0.29) is 0 Å². The summed E-state index contributed by atoms with van der Waals surface area (Å²) >= 11 is 4.86. The smallest absolute Gasteiger partial charge is 0.224 e. The van der Waals surface area contributed by atoms with E-state index in [0.29, 0.717) is 5.95 Å². The van der Waals surface area contributed by atoms with Crippen LogP contribution < -0.4 is 5.32 Å². The van der Waals surface area contributed by atoms with Gasteiger partial charge in [0.2, 0.25) is 5.95 Å². The summed E-state index contributed by atoms with van der Waals surface area (Å²) in [6.45, 7) is 2.00. The summed E-state index contributed by atoms with van der Waals surface area (Å²) in [5.74, 6) is 0.653. The fourth-order valence-electron chi connectivity index (χ4n) is 1.48. The van der Waals surface area contributed by atoms with Crippen molar-refractivity contribution in [3.05, 3.63) is 22.5 Å². The van der Waals surface area contributed by atoms with E-state index in [2.05, 4.69) is 26.3 Å². The van der Waals surface area contributed by atoms with Crippen LogP contribution in [0.3, 0.4) is 0 Å². The maximum atomic E-state index is 4.51. The molecule has 3 heterocycles. The number of nitrogens with zero attached hydrogens (tertiary/aromatic N) is 3. The van der Waals surface area contributed by atoms with Crippen LogP contribution in [0.5, 0.6) is 0 Å². The zero-order valence-corrected chi connectivity index (χ0v) is 12.2. The predicted octanol–water partition coefficient (Wildman–Crippen LogP) is 3.65. The molecule has 0 fully saturated rings. The summed E-state index contributed by atoms with van der Waals surface area (Å²) in [6.07, 6.45) is 0. The van der Waals surface area contributed by atoms with Crippen molar-refractivity contribution in [2.45, 2.75) is 16.3 Å². The molecular formula is C11H10N4S3. The number of aromatic nitrogens is 3. The van der Waals surface area contributed by atoms with Crippen molar-refractivity contribution in [2.75, 3.05) is 12.4 Å². The number of aryl methyl sites for hydroxylation is 1. The molecule has 7 heteroatoms. The van der Waals surface area contributed by atoms with Gasteiger partial charge in [-0.05, 0) is 30.1 Å². The number of nitrogens with one attached hydrogen (secondary N) is 1. The highest BCUT2D eigenvalue weighted by Crippen LogP contribution is 2.35. The van der Waals surface area contributed by atoms with Gasteiger partial charge in [0.1, 0.15) is 9.86 Å². The van der Waals surface area contributed by atoms with E-state index in [1.807, 2.05) is 24.7 Å². The third kappa shape index (κ3) is 2.21. The second-order valence-electron chi connectivity index (χ2n) is 3.60. The topological polar surface area (TPSA) is 50.7 Å². The Labute approximate surface area is 117 Å². The third-order valence-electron chi connectivity index (χ3n) is 2.30. The van der Waals surface area contributed by atoms with Gasteiger partial charge < -0.3 is 5.32 Å². The zero-order valence-electron chi connectivity index (χ0n) is 9.80. The largest absolute Gasteiger partial charge is 0.357 e. The van der Waals surface area contributed by atoms with E-state index >= 15 is 0 Å². The summed E-state index contributed by atoms with van der Waals surface area (Å²) in [4.78, 5) is 14.4. The Morgan fingerprint density at radius 2 is 2.11 bits per heavy atom. The molecule has 0 amide bonds. The molecule has 92 valence electrons. The molecule has 0 spiro atoms. The van der Waals surface area contributed by atoms with E-state index in [4.69, 9.17) is 0 Å². The molecule has 3 aromatic rings. The summed E-state index contributed by atoms with van der Waals surface area (Å²) in [7, 11) is 1.83. The van der Waals surface area contributed by atoms with Crippen LogP contribution in [0.15, 0.2) is 26.2 Å². The lowest BCUT2D eigenvalue weighted by Crippen LogP contribution is -1.96. The van der Waals surface area contributed by atoms with Crippen molar-refractivity contribution in [1.82, 2.24) is 15.0 Å². The first kappa shape index (κ1) is 11.9. The van der Waals surface area contributed by atoms with Crippen molar-refractivity contribution < 1.29 is 0 Å². The molecular weight excluding hydrogens is 284 g/mol. The lowest BCUT2D eigenvalue weighted by Gasteiger charge is -2.03. The minimum atomic E-state index is 0.653. The van der Waals surface area contributed by atoms with Crippen molar-refractivity contribution in [2.24, 2.45) is 0 Å². The highest BCUT2D eigenvalue weighted by atomic mass is 32.2. The summed E-state index contributed by atoms with van der Waals surface area (Å²) in [6, 6.07) is 2.06. The minimum Gasteiger partial charge on any atom is -0.357 e. The van der Waals surface area contributed by atoms with Crippen LogP contribution in [0.2, 0.25) is 0 Å². The van der Waals surface area contributed by atoms with Crippen LogP contribution in [0.1, 0.15) is 5.69 Å². The summed E-state index contributed by atoms with van der Waals surface area (Å²) in [5.41, 5.74) is 1.05. The van der Waals surface area contributed by atoms with Crippen molar-refractivity contribution in [3.8, 4) is 0 Å². The maximum absolute atomic E-state index is 4.51. The number of thiazole rings is 1. The van der Waals surface area contributed by atoms with Crippen LogP contribution in [-0.4, -0.2) is 22.0 Å². The molecule has 3 rings (SSSR count). The number of fused-ring (bicyclic) bond motifs is 1. The third-order valence-corrected chi connectivity index (χ3v) is 5.16. The predicted molar refractivity (Wildman–Crippen MR) is 77.9 cm³/mol. The van der Waals surface area contributed by atoms with Gasteiger partial charge in [0.05, 0.1) is 0 Å². The number of hydrogen-bond acceptors (Lipinski definition) is 7. The highest BCUT2D eigenvalue weighted by molar-refractivity contribution is 8.01. The molecule has 0 saturated heterocycles. The van der Waals surface area contributed by atoms with Crippen molar-refractivity contribution in [1.29, 1.82) is 0 Å². The van der Waals surface area contributed by atoms with Crippen LogP contribution in [0.4, 0.5) is 5.95 Å². The average Bonchev–Trinajstić information content (AvgIpc) is 2.98. The Bertz CT molecular complexity index is 688. The normalized spacial score (nSPS) is 11.0. The summed E-state index contributed by atoms with van der Waals surface area (Å²) < 4.78 is 1.01. The second kappa shape index (κ2) is 4.83. The first-order chi connectivity index (χ1) is 8.76. The van der Waals surface area contributed by atoms with Gasteiger partial charge in [0, 0.05) is 23.5 Å². The molecule has 0 aliphatic carbocycles. The van der Waals surface area contributed by atoms with Crippen molar-refractivity contribution >= 4 is 50.6 Å². The fourth-order valence-corrected chi connectivity index (χ4v) is 4.16. The van der Waals surface area contributed by atoms with Crippen LogP contribution in [0.25, 0.3) is 10.2 Å². The van der Waals surface area contributed by atoms with Gasteiger partial charge >= 0.3 is 0 Å². The Balaban J connectivity index is 2.06. The minimum absolute atomic E-state index is 0.653.